The average molecular weight is 506 g/mol. The SMILES string of the molecule is Cc1c(-c2ccc3c(c2)OCCO3)c(=O)n(C[C@H](N)c2ccccc2)c(=O)n1Cc1c(F)cccc1F. The molecule has 0 unspecified atom stereocenters. The van der Waals surface area contributed by atoms with Crippen LogP contribution in [0.2, 0.25) is 0 Å². The highest BCUT2D eigenvalue weighted by Gasteiger charge is 2.23. The molecule has 0 saturated heterocycles. The predicted molar refractivity (Wildman–Crippen MR) is 135 cm³/mol. The van der Waals surface area contributed by atoms with Crippen LogP contribution in [0, 0.1) is 18.6 Å². The van der Waals surface area contributed by atoms with Crippen LogP contribution in [0.25, 0.3) is 11.1 Å². The molecule has 0 saturated carbocycles. The van der Waals surface area contributed by atoms with Crippen LogP contribution in [0.15, 0.2) is 76.3 Å². The fourth-order valence-corrected chi connectivity index (χ4v) is 4.52. The summed E-state index contributed by atoms with van der Waals surface area (Å²) < 4.78 is 42.6. The summed E-state index contributed by atoms with van der Waals surface area (Å²) in [6.45, 7) is 1.82. The van der Waals surface area contributed by atoms with Crippen LogP contribution in [-0.4, -0.2) is 22.3 Å². The lowest BCUT2D eigenvalue weighted by Crippen LogP contribution is -2.44. The standard InChI is InChI=1S/C28H25F2N3O4/c1-17-26(19-10-11-24-25(14-19)37-13-12-36-24)27(34)33(16-23(31)18-6-3-2-4-7-18)28(35)32(17)15-20-21(29)8-5-9-22(20)30/h2-11,14,23H,12-13,15-16,31H2,1H3/t23-/m0/s1. The normalized spacial score (nSPS) is 13.4. The maximum Gasteiger partial charge on any atom is 0.331 e. The zero-order valence-electron chi connectivity index (χ0n) is 20.1. The van der Waals surface area contributed by atoms with Gasteiger partial charge in [0.1, 0.15) is 24.8 Å². The van der Waals surface area contributed by atoms with Gasteiger partial charge in [-0.1, -0.05) is 42.5 Å². The highest BCUT2D eigenvalue weighted by atomic mass is 19.1. The molecule has 9 heteroatoms. The second kappa shape index (κ2) is 10.0. The van der Waals surface area contributed by atoms with E-state index in [0.717, 1.165) is 22.3 Å². The number of rotatable bonds is 6. The smallest absolute Gasteiger partial charge is 0.331 e. The lowest BCUT2D eigenvalue weighted by atomic mass is 10.0. The zero-order chi connectivity index (χ0) is 26.1. The number of ether oxygens (including phenoxy) is 2. The van der Waals surface area contributed by atoms with E-state index in [-0.39, 0.29) is 23.4 Å². The molecule has 0 bridgehead atoms. The molecule has 5 rings (SSSR count). The molecule has 1 aliphatic rings. The van der Waals surface area contributed by atoms with Gasteiger partial charge in [-0.15, -0.1) is 0 Å². The minimum Gasteiger partial charge on any atom is -0.486 e. The van der Waals surface area contributed by atoms with E-state index in [1.807, 2.05) is 18.2 Å². The summed E-state index contributed by atoms with van der Waals surface area (Å²) in [5, 5.41) is 0. The fourth-order valence-electron chi connectivity index (χ4n) is 4.52. The first kappa shape index (κ1) is 24.5. The third kappa shape index (κ3) is 4.65. The number of nitrogens with two attached hydrogens (primary N) is 1. The van der Waals surface area contributed by atoms with Crippen molar-refractivity contribution in [2.45, 2.75) is 26.1 Å². The summed E-state index contributed by atoms with van der Waals surface area (Å²) in [5.41, 5.74) is 6.51. The van der Waals surface area contributed by atoms with Crippen molar-refractivity contribution in [3.8, 4) is 22.6 Å². The Labute approximate surface area is 211 Å². The Hall–Kier alpha value is -4.24. The van der Waals surface area contributed by atoms with Crippen LogP contribution in [0.4, 0.5) is 8.78 Å². The quantitative estimate of drug-likeness (QED) is 0.431. The van der Waals surface area contributed by atoms with Crippen LogP contribution >= 0.6 is 0 Å². The van der Waals surface area contributed by atoms with Crippen LogP contribution in [0.5, 0.6) is 11.5 Å². The number of nitrogens with zero attached hydrogens (tertiary/aromatic N) is 2. The number of hydrogen-bond donors (Lipinski definition) is 1. The van der Waals surface area contributed by atoms with Crippen molar-refractivity contribution in [2.75, 3.05) is 13.2 Å². The molecule has 0 spiro atoms. The molecule has 190 valence electrons. The van der Waals surface area contributed by atoms with E-state index in [1.54, 1.807) is 37.3 Å². The van der Waals surface area contributed by atoms with E-state index in [1.165, 1.54) is 10.6 Å². The van der Waals surface area contributed by atoms with Crippen LogP contribution < -0.4 is 26.5 Å². The highest BCUT2D eigenvalue weighted by molar-refractivity contribution is 5.68. The number of aromatic nitrogens is 2. The van der Waals surface area contributed by atoms with Gasteiger partial charge in [-0.2, -0.15) is 0 Å². The first-order valence-corrected chi connectivity index (χ1v) is 11.8. The van der Waals surface area contributed by atoms with Gasteiger partial charge < -0.3 is 15.2 Å². The Morgan fingerprint density at radius 3 is 2.27 bits per heavy atom. The summed E-state index contributed by atoms with van der Waals surface area (Å²) in [5.74, 6) is -0.564. The topological polar surface area (TPSA) is 88.5 Å². The molecule has 37 heavy (non-hydrogen) atoms. The first-order chi connectivity index (χ1) is 17.8. The van der Waals surface area contributed by atoms with Crippen molar-refractivity contribution in [3.05, 3.63) is 116 Å². The molecule has 1 aliphatic heterocycles. The van der Waals surface area contributed by atoms with Crippen molar-refractivity contribution >= 4 is 0 Å². The second-order valence-corrected chi connectivity index (χ2v) is 8.82. The summed E-state index contributed by atoms with van der Waals surface area (Å²) in [4.78, 5) is 27.4. The lowest BCUT2D eigenvalue weighted by Gasteiger charge is -2.22. The van der Waals surface area contributed by atoms with Crippen LogP contribution in [0.3, 0.4) is 0 Å². The van der Waals surface area contributed by atoms with E-state index < -0.39 is 35.5 Å². The third-order valence-corrected chi connectivity index (χ3v) is 6.50. The zero-order valence-corrected chi connectivity index (χ0v) is 20.1. The Morgan fingerprint density at radius 2 is 1.57 bits per heavy atom. The van der Waals surface area contributed by atoms with Gasteiger partial charge in [-0.05, 0) is 42.3 Å². The molecular formula is C28H25F2N3O4. The molecular weight excluding hydrogens is 480 g/mol. The van der Waals surface area contributed by atoms with Gasteiger partial charge >= 0.3 is 5.69 Å². The molecule has 0 fully saturated rings. The largest absolute Gasteiger partial charge is 0.486 e. The van der Waals surface area contributed by atoms with Crippen molar-refractivity contribution in [1.29, 1.82) is 0 Å². The average Bonchev–Trinajstić information content (AvgIpc) is 2.91. The number of halogens is 2. The molecule has 0 aliphatic carbocycles. The van der Waals surface area contributed by atoms with Crippen molar-refractivity contribution < 1.29 is 18.3 Å². The molecule has 0 radical (unpaired) electrons. The lowest BCUT2D eigenvalue weighted by molar-refractivity contribution is 0.171. The monoisotopic (exact) mass is 505 g/mol. The minimum absolute atomic E-state index is 0.126. The summed E-state index contributed by atoms with van der Waals surface area (Å²) in [7, 11) is 0. The van der Waals surface area contributed by atoms with Crippen LogP contribution in [-0.2, 0) is 13.1 Å². The van der Waals surface area contributed by atoms with E-state index in [9.17, 15) is 18.4 Å². The van der Waals surface area contributed by atoms with Gasteiger partial charge in [0.2, 0.25) is 0 Å². The van der Waals surface area contributed by atoms with Gasteiger partial charge in [0.05, 0.1) is 18.7 Å². The second-order valence-electron chi connectivity index (χ2n) is 8.82. The molecule has 0 amide bonds. The molecule has 3 aromatic carbocycles. The Bertz CT molecular complexity index is 1560. The minimum atomic E-state index is -0.786. The van der Waals surface area contributed by atoms with Gasteiger partial charge in [-0.3, -0.25) is 13.9 Å². The van der Waals surface area contributed by atoms with Crippen molar-refractivity contribution in [3.63, 3.8) is 0 Å². The van der Waals surface area contributed by atoms with Crippen molar-refractivity contribution in [2.24, 2.45) is 5.73 Å². The summed E-state index contributed by atoms with van der Waals surface area (Å²) in [6, 6.07) is 17.0. The van der Waals surface area contributed by atoms with Crippen molar-refractivity contribution in [1.82, 2.24) is 9.13 Å². The maximum absolute atomic E-state index is 14.5. The van der Waals surface area contributed by atoms with E-state index in [2.05, 4.69) is 0 Å². The fraction of sp³-hybridized carbons (Fsp3) is 0.214. The summed E-state index contributed by atoms with van der Waals surface area (Å²) in [6.07, 6.45) is 0. The molecule has 2 heterocycles. The van der Waals surface area contributed by atoms with E-state index in [4.69, 9.17) is 15.2 Å². The van der Waals surface area contributed by atoms with Gasteiger partial charge in [0.15, 0.2) is 11.5 Å². The van der Waals surface area contributed by atoms with E-state index in [0.29, 0.717) is 30.3 Å². The first-order valence-electron chi connectivity index (χ1n) is 11.8. The maximum atomic E-state index is 14.5. The third-order valence-electron chi connectivity index (χ3n) is 6.50. The molecule has 1 atom stereocenters. The van der Waals surface area contributed by atoms with Gasteiger partial charge in [-0.25, -0.2) is 13.6 Å². The number of fused-ring (bicyclic) bond motifs is 1. The molecule has 7 nitrogen and oxygen atoms in total. The number of hydrogen-bond acceptors (Lipinski definition) is 5. The van der Waals surface area contributed by atoms with Gasteiger partial charge in [0, 0.05) is 17.3 Å². The predicted octanol–water partition coefficient (Wildman–Crippen LogP) is 3.78. The highest BCUT2D eigenvalue weighted by Crippen LogP contribution is 2.34. The molecule has 2 N–H and O–H groups in total. The Morgan fingerprint density at radius 1 is 0.892 bits per heavy atom. The van der Waals surface area contributed by atoms with Gasteiger partial charge in [0.25, 0.3) is 5.56 Å². The van der Waals surface area contributed by atoms with Crippen LogP contribution in [0.1, 0.15) is 22.9 Å². The Balaban J connectivity index is 1.70. The molecule has 4 aromatic rings. The molecule has 1 aromatic heterocycles. The van der Waals surface area contributed by atoms with E-state index >= 15 is 0 Å². The summed E-state index contributed by atoms with van der Waals surface area (Å²) >= 11 is 0. The Kier molecular flexibility index (Phi) is 6.62. The number of benzene rings is 3.